The van der Waals surface area contributed by atoms with Crippen LogP contribution in [0.15, 0.2) is 17.0 Å². The Labute approximate surface area is 125 Å². The van der Waals surface area contributed by atoms with Crippen LogP contribution < -0.4 is 0 Å². The minimum Gasteiger partial charge on any atom is -0.339 e. The summed E-state index contributed by atoms with van der Waals surface area (Å²) in [6.07, 6.45) is 7.46. The van der Waals surface area contributed by atoms with Gasteiger partial charge in [0.15, 0.2) is 5.82 Å². The summed E-state index contributed by atoms with van der Waals surface area (Å²) in [5.74, 6) is 2.09. The van der Waals surface area contributed by atoms with E-state index >= 15 is 0 Å². The lowest BCUT2D eigenvalue weighted by Gasteiger charge is -2.20. The summed E-state index contributed by atoms with van der Waals surface area (Å²) < 4.78 is 7.55. The monoisotopic (exact) mass is 289 g/mol. The lowest BCUT2D eigenvalue weighted by Crippen LogP contribution is -2.20. The fraction of sp³-hybridized carbons (Fsp3) is 0.667. The molecule has 0 radical (unpaired) electrons. The molecule has 1 aliphatic carbocycles. The van der Waals surface area contributed by atoms with Crippen LogP contribution in [0.2, 0.25) is 0 Å². The van der Waals surface area contributed by atoms with Crippen molar-refractivity contribution in [3.63, 3.8) is 0 Å². The molecule has 2 heterocycles. The fourth-order valence-corrected chi connectivity index (χ4v) is 2.65. The second kappa shape index (κ2) is 5.97. The average molecular weight is 289 g/mol. The molecule has 1 saturated carbocycles. The van der Waals surface area contributed by atoms with Gasteiger partial charge in [-0.05, 0) is 33.7 Å². The van der Waals surface area contributed by atoms with Crippen molar-refractivity contribution in [1.82, 2.24) is 24.6 Å². The number of imidazole rings is 1. The van der Waals surface area contributed by atoms with E-state index in [9.17, 15) is 0 Å². The highest BCUT2D eigenvalue weighted by atomic mass is 16.5. The maximum atomic E-state index is 5.36. The maximum Gasteiger partial charge on any atom is 0.229 e. The van der Waals surface area contributed by atoms with Gasteiger partial charge in [-0.1, -0.05) is 11.6 Å². The van der Waals surface area contributed by atoms with Crippen LogP contribution >= 0.6 is 0 Å². The van der Waals surface area contributed by atoms with Crippen molar-refractivity contribution >= 4 is 0 Å². The van der Waals surface area contributed by atoms with Gasteiger partial charge in [0.05, 0.1) is 18.6 Å². The van der Waals surface area contributed by atoms with Crippen molar-refractivity contribution < 1.29 is 4.52 Å². The number of aromatic nitrogens is 4. The first-order valence-electron chi connectivity index (χ1n) is 7.65. The summed E-state index contributed by atoms with van der Waals surface area (Å²) in [6, 6.07) is 0.422. The Morgan fingerprint density at radius 1 is 1.38 bits per heavy atom. The van der Waals surface area contributed by atoms with E-state index < -0.39 is 0 Å². The SMILES string of the molecule is CC(C)n1cncc1CN(C)Cc1noc(C2CCC2)n1. The molecule has 1 aliphatic rings. The summed E-state index contributed by atoms with van der Waals surface area (Å²) in [6.45, 7) is 5.84. The molecule has 0 amide bonds. The predicted octanol–water partition coefficient (Wildman–Crippen LogP) is 2.75. The average Bonchev–Trinajstić information content (AvgIpc) is 2.96. The summed E-state index contributed by atoms with van der Waals surface area (Å²) in [7, 11) is 2.07. The molecule has 2 aromatic rings. The third kappa shape index (κ3) is 3.15. The molecular weight excluding hydrogens is 266 g/mol. The molecule has 0 aliphatic heterocycles. The van der Waals surface area contributed by atoms with Crippen molar-refractivity contribution in [3.05, 3.63) is 29.9 Å². The van der Waals surface area contributed by atoms with Gasteiger partial charge >= 0.3 is 0 Å². The zero-order valence-corrected chi connectivity index (χ0v) is 13.0. The third-order valence-electron chi connectivity index (χ3n) is 4.08. The first kappa shape index (κ1) is 14.3. The van der Waals surface area contributed by atoms with Crippen molar-refractivity contribution in [2.75, 3.05) is 7.05 Å². The minimum absolute atomic E-state index is 0.422. The Morgan fingerprint density at radius 2 is 2.19 bits per heavy atom. The number of hydrogen-bond acceptors (Lipinski definition) is 5. The van der Waals surface area contributed by atoms with E-state index in [1.807, 2.05) is 12.5 Å². The van der Waals surface area contributed by atoms with E-state index in [1.54, 1.807) is 0 Å². The van der Waals surface area contributed by atoms with E-state index in [-0.39, 0.29) is 0 Å². The molecule has 0 bridgehead atoms. The molecule has 0 atom stereocenters. The van der Waals surface area contributed by atoms with Gasteiger partial charge in [0, 0.05) is 24.7 Å². The topological polar surface area (TPSA) is 60.0 Å². The van der Waals surface area contributed by atoms with Crippen LogP contribution in [-0.4, -0.2) is 31.6 Å². The zero-order valence-electron chi connectivity index (χ0n) is 13.0. The van der Waals surface area contributed by atoms with E-state index in [0.29, 0.717) is 18.5 Å². The molecular formula is C15H23N5O. The van der Waals surface area contributed by atoms with Gasteiger partial charge in [0.25, 0.3) is 0 Å². The van der Waals surface area contributed by atoms with Crippen molar-refractivity contribution in [3.8, 4) is 0 Å². The normalized spacial score (nSPS) is 15.9. The Kier molecular flexibility index (Phi) is 4.05. The molecule has 6 nitrogen and oxygen atoms in total. The van der Waals surface area contributed by atoms with E-state index in [4.69, 9.17) is 4.52 Å². The number of rotatable bonds is 6. The molecule has 0 aromatic carbocycles. The highest BCUT2D eigenvalue weighted by Gasteiger charge is 2.25. The molecule has 0 spiro atoms. The Morgan fingerprint density at radius 3 is 2.86 bits per heavy atom. The first-order valence-corrected chi connectivity index (χ1v) is 7.65. The molecule has 3 rings (SSSR count). The minimum atomic E-state index is 0.422. The van der Waals surface area contributed by atoms with E-state index in [0.717, 1.165) is 18.3 Å². The number of hydrogen-bond donors (Lipinski definition) is 0. The van der Waals surface area contributed by atoms with Crippen molar-refractivity contribution in [2.45, 2.75) is 58.2 Å². The van der Waals surface area contributed by atoms with Crippen LogP contribution in [0, 0.1) is 0 Å². The van der Waals surface area contributed by atoms with Crippen LogP contribution in [0.4, 0.5) is 0 Å². The van der Waals surface area contributed by atoms with Crippen molar-refractivity contribution in [1.29, 1.82) is 0 Å². The van der Waals surface area contributed by atoms with Crippen molar-refractivity contribution in [2.24, 2.45) is 0 Å². The predicted molar refractivity (Wildman–Crippen MR) is 78.7 cm³/mol. The fourth-order valence-electron chi connectivity index (χ4n) is 2.65. The molecule has 2 aromatic heterocycles. The molecule has 1 fully saturated rings. The lowest BCUT2D eigenvalue weighted by atomic mass is 9.85. The highest BCUT2D eigenvalue weighted by Crippen LogP contribution is 2.35. The molecule has 0 N–H and O–H groups in total. The van der Waals surface area contributed by atoms with E-state index in [2.05, 4.69) is 45.5 Å². The molecule has 21 heavy (non-hydrogen) atoms. The van der Waals surface area contributed by atoms with Gasteiger partial charge in [0.2, 0.25) is 5.89 Å². The quantitative estimate of drug-likeness (QED) is 0.818. The summed E-state index contributed by atoms with van der Waals surface area (Å²) >= 11 is 0. The summed E-state index contributed by atoms with van der Waals surface area (Å²) in [5.41, 5.74) is 1.20. The Hall–Kier alpha value is -1.69. The summed E-state index contributed by atoms with van der Waals surface area (Å²) in [5, 5.41) is 4.10. The van der Waals surface area contributed by atoms with Crippen LogP contribution in [0.5, 0.6) is 0 Å². The van der Waals surface area contributed by atoms with Crippen LogP contribution in [0.25, 0.3) is 0 Å². The van der Waals surface area contributed by atoms with Crippen LogP contribution in [0.1, 0.15) is 62.5 Å². The van der Waals surface area contributed by atoms with E-state index in [1.165, 1.54) is 25.0 Å². The van der Waals surface area contributed by atoms with Gasteiger partial charge in [-0.2, -0.15) is 4.98 Å². The van der Waals surface area contributed by atoms with Crippen LogP contribution in [-0.2, 0) is 13.1 Å². The van der Waals surface area contributed by atoms with Gasteiger partial charge in [-0.3, -0.25) is 4.90 Å². The first-order chi connectivity index (χ1) is 10.1. The highest BCUT2D eigenvalue weighted by molar-refractivity contribution is 5.01. The van der Waals surface area contributed by atoms with Gasteiger partial charge in [-0.25, -0.2) is 4.98 Å². The Bertz CT molecular complexity index is 584. The standard InChI is InChI=1S/C15H23N5O/c1-11(2)20-10-16-7-13(20)8-19(3)9-14-17-15(21-18-14)12-5-4-6-12/h7,10-12H,4-6,8-9H2,1-3H3. The maximum absolute atomic E-state index is 5.36. The third-order valence-corrected chi connectivity index (χ3v) is 4.08. The smallest absolute Gasteiger partial charge is 0.229 e. The zero-order chi connectivity index (χ0) is 14.8. The Balaban J connectivity index is 1.59. The summed E-state index contributed by atoms with van der Waals surface area (Å²) in [4.78, 5) is 10.9. The van der Waals surface area contributed by atoms with Gasteiger partial charge < -0.3 is 9.09 Å². The lowest BCUT2D eigenvalue weighted by molar-refractivity contribution is 0.278. The molecule has 0 unspecified atom stereocenters. The second-order valence-electron chi connectivity index (χ2n) is 6.23. The van der Waals surface area contributed by atoms with Crippen LogP contribution in [0.3, 0.4) is 0 Å². The molecule has 0 saturated heterocycles. The largest absolute Gasteiger partial charge is 0.339 e. The van der Waals surface area contributed by atoms with Gasteiger partial charge in [0.1, 0.15) is 0 Å². The number of nitrogens with zero attached hydrogens (tertiary/aromatic N) is 5. The second-order valence-corrected chi connectivity index (χ2v) is 6.23. The van der Waals surface area contributed by atoms with Gasteiger partial charge in [-0.15, -0.1) is 0 Å². The molecule has 6 heteroatoms. The molecule has 114 valence electrons.